The van der Waals surface area contributed by atoms with Crippen LogP contribution in [0.1, 0.15) is 23.0 Å². The molecule has 1 saturated heterocycles. The van der Waals surface area contributed by atoms with Crippen molar-refractivity contribution in [3.63, 3.8) is 0 Å². The molecule has 68 valence electrons. The summed E-state index contributed by atoms with van der Waals surface area (Å²) in [7, 11) is 2.12. The Labute approximate surface area is 81.6 Å². The van der Waals surface area contributed by atoms with Crippen LogP contribution in [0.5, 0.6) is 0 Å². The molecule has 1 aliphatic heterocycles. The number of aromatic nitrogens is 1. The van der Waals surface area contributed by atoms with E-state index in [2.05, 4.69) is 23.0 Å². The zero-order valence-electron chi connectivity index (χ0n) is 7.53. The molecule has 0 bridgehead atoms. The molecule has 1 aliphatic rings. The van der Waals surface area contributed by atoms with Crippen LogP contribution in [0.25, 0.3) is 0 Å². The van der Waals surface area contributed by atoms with Gasteiger partial charge >= 0.3 is 0 Å². The first kappa shape index (κ1) is 8.67. The highest BCUT2D eigenvalue weighted by atomic mass is 32.1. The van der Waals surface area contributed by atoms with E-state index in [1.54, 1.807) is 0 Å². The number of likely N-dealkylation sites (N-methyl/N-ethyl adjacent to an activating group) is 1. The van der Waals surface area contributed by atoms with Gasteiger partial charge in [0.15, 0.2) is 5.01 Å². The lowest BCUT2D eigenvalue weighted by Gasteiger charge is -2.06. The van der Waals surface area contributed by atoms with Crippen molar-refractivity contribution >= 4 is 11.3 Å². The topological polar surface area (TPSA) is 39.9 Å². The van der Waals surface area contributed by atoms with Crippen LogP contribution < -0.4 is 0 Å². The molecular weight excluding hydrogens is 182 g/mol. The Balaban J connectivity index is 2.13. The van der Waals surface area contributed by atoms with Crippen LogP contribution in [0, 0.1) is 11.3 Å². The molecule has 4 heteroatoms. The minimum absolute atomic E-state index is 0.545. The molecule has 1 fully saturated rings. The van der Waals surface area contributed by atoms with Gasteiger partial charge in [0.1, 0.15) is 6.07 Å². The number of thiazole rings is 1. The SMILES string of the molecule is CN1CCC(c2csc(C#N)n2)C1. The van der Waals surface area contributed by atoms with Crippen molar-refractivity contribution in [1.29, 1.82) is 5.26 Å². The predicted molar refractivity (Wildman–Crippen MR) is 51.7 cm³/mol. The zero-order chi connectivity index (χ0) is 9.26. The van der Waals surface area contributed by atoms with Gasteiger partial charge in [0.05, 0.1) is 5.69 Å². The van der Waals surface area contributed by atoms with E-state index in [1.807, 2.05) is 5.38 Å². The molecule has 13 heavy (non-hydrogen) atoms. The van der Waals surface area contributed by atoms with Crippen molar-refractivity contribution in [2.45, 2.75) is 12.3 Å². The zero-order valence-corrected chi connectivity index (χ0v) is 8.34. The third-order valence-corrected chi connectivity index (χ3v) is 3.19. The average molecular weight is 193 g/mol. The van der Waals surface area contributed by atoms with Gasteiger partial charge in [0, 0.05) is 17.8 Å². The summed E-state index contributed by atoms with van der Waals surface area (Å²) >= 11 is 1.45. The Bertz CT molecular complexity index is 339. The Morgan fingerprint density at radius 3 is 3.15 bits per heavy atom. The van der Waals surface area contributed by atoms with Crippen LogP contribution in [-0.2, 0) is 0 Å². The van der Waals surface area contributed by atoms with Gasteiger partial charge in [0.2, 0.25) is 0 Å². The van der Waals surface area contributed by atoms with Crippen molar-refractivity contribution in [3.8, 4) is 6.07 Å². The number of likely N-dealkylation sites (tertiary alicyclic amines) is 1. The van der Waals surface area contributed by atoms with E-state index in [-0.39, 0.29) is 0 Å². The molecule has 0 radical (unpaired) electrons. The summed E-state index contributed by atoms with van der Waals surface area (Å²) in [5.41, 5.74) is 1.10. The second-order valence-electron chi connectivity index (χ2n) is 3.44. The maximum Gasteiger partial charge on any atom is 0.194 e. The normalized spacial score (nSPS) is 23.2. The minimum Gasteiger partial charge on any atom is -0.306 e. The van der Waals surface area contributed by atoms with Gasteiger partial charge < -0.3 is 4.90 Å². The highest BCUT2D eigenvalue weighted by molar-refractivity contribution is 7.10. The third-order valence-electron chi connectivity index (χ3n) is 2.43. The van der Waals surface area contributed by atoms with Crippen molar-refractivity contribution in [3.05, 3.63) is 16.1 Å². The maximum atomic E-state index is 8.63. The first-order valence-electron chi connectivity index (χ1n) is 4.33. The van der Waals surface area contributed by atoms with E-state index in [4.69, 9.17) is 5.26 Å². The monoisotopic (exact) mass is 193 g/mol. The lowest BCUT2D eigenvalue weighted by molar-refractivity contribution is 0.411. The van der Waals surface area contributed by atoms with Crippen LogP contribution in [0.3, 0.4) is 0 Å². The molecule has 1 unspecified atom stereocenters. The Morgan fingerprint density at radius 1 is 1.77 bits per heavy atom. The quantitative estimate of drug-likeness (QED) is 0.677. The average Bonchev–Trinajstić information content (AvgIpc) is 2.71. The van der Waals surface area contributed by atoms with E-state index in [0.717, 1.165) is 18.8 Å². The molecule has 1 aromatic rings. The summed E-state index contributed by atoms with van der Waals surface area (Å²) in [6, 6.07) is 2.08. The summed E-state index contributed by atoms with van der Waals surface area (Å²) in [6.07, 6.45) is 1.17. The highest BCUT2D eigenvalue weighted by Gasteiger charge is 2.23. The fourth-order valence-electron chi connectivity index (χ4n) is 1.70. The van der Waals surface area contributed by atoms with Gasteiger partial charge in [-0.1, -0.05) is 0 Å². The van der Waals surface area contributed by atoms with Crippen molar-refractivity contribution in [2.75, 3.05) is 20.1 Å². The Morgan fingerprint density at radius 2 is 2.62 bits per heavy atom. The van der Waals surface area contributed by atoms with E-state index in [9.17, 15) is 0 Å². The Hall–Kier alpha value is -0.920. The number of hydrogen-bond donors (Lipinski definition) is 0. The van der Waals surface area contributed by atoms with E-state index >= 15 is 0 Å². The summed E-state index contributed by atoms with van der Waals surface area (Å²) in [6.45, 7) is 2.22. The maximum absolute atomic E-state index is 8.63. The van der Waals surface area contributed by atoms with E-state index in [1.165, 1.54) is 17.8 Å². The summed E-state index contributed by atoms with van der Waals surface area (Å²) < 4.78 is 0. The molecule has 2 rings (SSSR count). The molecule has 1 atom stereocenters. The molecule has 0 aromatic carbocycles. The lowest BCUT2D eigenvalue weighted by Crippen LogP contribution is -2.13. The van der Waals surface area contributed by atoms with Gasteiger partial charge in [-0.15, -0.1) is 11.3 Å². The molecule has 0 saturated carbocycles. The van der Waals surface area contributed by atoms with Gasteiger partial charge in [-0.2, -0.15) is 5.26 Å². The first-order chi connectivity index (χ1) is 6.29. The number of hydrogen-bond acceptors (Lipinski definition) is 4. The largest absolute Gasteiger partial charge is 0.306 e. The van der Waals surface area contributed by atoms with E-state index in [0.29, 0.717) is 10.9 Å². The predicted octanol–water partition coefficient (Wildman–Crippen LogP) is 1.43. The number of rotatable bonds is 1. The van der Waals surface area contributed by atoms with Crippen LogP contribution in [0.4, 0.5) is 0 Å². The smallest absolute Gasteiger partial charge is 0.194 e. The molecule has 0 spiro atoms. The minimum atomic E-state index is 0.545. The van der Waals surface area contributed by atoms with Crippen LogP contribution in [-0.4, -0.2) is 30.0 Å². The molecule has 0 aliphatic carbocycles. The number of nitrogens with zero attached hydrogens (tertiary/aromatic N) is 3. The molecule has 0 amide bonds. The van der Waals surface area contributed by atoms with Gasteiger partial charge in [-0.3, -0.25) is 0 Å². The van der Waals surface area contributed by atoms with Gasteiger partial charge in [0.25, 0.3) is 0 Å². The summed E-state index contributed by atoms with van der Waals surface area (Å²) in [4.78, 5) is 6.58. The molecule has 3 nitrogen and oxygen atoms in total. The third kappa shape index (κ3) is 1.71. The first-order valence-corrected chi connectivity index (χ1v) is 5.21. The van der Waals surface area contributed by atoms with Crippen molar-refractivity contribution in [2.24, 2.45) is 0 Å². The fourth-order valence-corrected chi connectivity index (χ4v) is 2.39. The Kier molecular flexibility index (Phi) is 2.30. The lowest BCUT2D eigenvalue weighted by atomic mass is 10.1. The van der Waals surface area contributed by atoms with Gasteiger partial charge in [-0.25, -0.2) is 4.98 Å². The molecule has 2 heterocycles. The van der Waals surface area contributed by atoms with Crippen LogP contribution in [0.2, 0.25) is 0 Å². The van der Waals surface area contributed by atoms with Gasteiger partial charge in [-0.05, 0) is 20.0 Å². The summed E-state index contributed by atoms with van der Waals surface area (Å²) in [5, 5.41) is 11.2. The molecule has 1 aromatic heterocycles. The van der Waals surface area contributed by atoms with Crippen LogP contribution >= 0.6 is 11.3 Å². The summed E-state index contributed by atoms with van der Waals surface area (Å²) in [5.74, 6) is 0.545. The van der Waals surface area contributed by atoms with Crippen molar-refractivity contribution in [1.82, 2.24) is 9.88 Å². The molecule has 0 N–H and O–H groups in total. The second kappa shape index (κ2) is 3.44. The number of nitriles is 1. The second-order valence-corrected chi connectivity index (χ2v) is 4.30. The highest BCUT2D eigenvalue weighted by Crippen LogP contribution is 2.26. The molecular formula is C9H11N3S. The van der Waals surface area contributed by atoms with Crippen molar-refractivity contribution < 1.29 is 0 Å². The van der Waals surface area contributed by atoms with E-state index < -0.39 is 0 Å². The standard InChI is InChI=1S/C9H11N3S/c1-12-3-2-7(5-12)8-6-13-9(4-10)11-8/h6-7H,2-3,5H2,1H3. The van der Waals surface area contributed by atoms with Crippen LogP contribution in [0.15, 0.2) is 5.38 Å². The fraction of sp³-hybridized carbons (Fsp3) is 0.556.